The van der Waals surface area contributed by atoms with Crippen LogP contribution in [0.4, 0.5) is 24.8 Å². The van der Waals surface area contributed by atoms with Crippen LogP contribution in [0.3, 0.4) is 0 Å². The molecule has 1 atom stereocenters. The Morgan fingerprint density at radius 1 is 1.11 bits per heavy atom. The van der Waals surface area contributed by atoms with Gasteiger partial charge in [-0.15, -0.1) is 0 Å². The van der Waals surface area contributed by atoms with E-state index in [-0.39, 0.29) is 23.3 Å². The van der Waals surface area contributed by atoms with Gasteiger partial charge in [0.2, 0.25) is 11.9 Å². The highest BCUT2D eigenvalue weighted by Gasteiger charge is 2.38. The van der Waals surface area contributed by atoms with Gasteiger partial charge in [0.1, 0.15) is 0 Å². The van der Waals surface area contributed by atoms with Gasteiger partial charge in [-0.1, -0.05) is 6.92 Å². The highest BCUT2D eigenvalue weighted by Crippen LogP contribution is 2.42. The number of alkyl halides is 3. The molecule has 0 radical (unpaired) electrons. The van der Waals surface area contributed by atoms with Crippen molar-refractivity contribution < 1.29 is 26.4 Å². The lowest BCUT2D eigenvalue weighted by molar-refractivity contribution is -0.141. The Morgan fingerprint density at radius 2 is 1.72 bits per heavy atom. The molecule has 1 unspecified atom stereocenters. The van der Waals surface area contributed by atoms with Gasteiger partial charge in [-0.3, -0.25) is 9.48 Å². The molecular formula is C23H25F3N6O3S. The van der Waals surface area contributed by atoms with E-state index < -0.39 is 33.7 Å². The molecule has 1 fully saturated rings. The standard InChI is InChI=1S/C23H25F3N6O3S/c1-13(12-32-19(16-4-5-16)11-20(30-32)23(24,25)26)21(33)29-17-6-8-18(9-7-17)36(34,35)31-22-27-14(2)10-15(3)28-22/h6-11,13,16H,4-5,12H2,1-3H3,(H,29,33)(H,27,28,31). The first-order valence-electron chi connectivity index (χ1n) is 11.2. The van der Waals surface area contributed by atoms with Gasteiger partial charge in [0.15, 0.2) is 5.69 Å². The Morgan fingerprint density at radius 3 is 2.28 bits per heavy atom. The predicted octanol–water partition coefficient (Wildman–Crippen LogP) is 4.26. The van der Waals surface area contributed by atoms with Crippen LogP contribution >= 0.6 is 0 Å². The smallest absolute Gasteiger partial charge is 0.326 e. The molecule has 0 bridgehead atoms. The zero-order valence-corrected chi connectivity index (χ0v) is 20.6. The topological polar surface area (TPSA) is 119 Å². The Labute approximate surface area is 206 Å². The fourth-order valence-electron chi connectivity index (χ4n) is 3.70. The summed E-state index contributed by atoms with van der Waals surface area (Å²) < 4.78 is 68.3. The zero-order valence-electron chi connectivity index (χ0n) is 19.8. The van der Waals surface area contributed by atoms with Crippen molar-refractivity contribution in [1.82, 2.24) is 19.7 Å². The SMILES string of the molecule is Cc1cc(C)nc(NS(=O)(=O)c2ccc(NC(=O)C(C)Cn3nc(C(F)(F)F)cc3C3CC3)cc2)n1. The molecule has 1 amide bonds. The van der Waals surface area contributed by atoms with E-state index in [0.717, 1.165) is 18.9 Å². The van der Waals surface area contributed by atoms with E-state index in [1.807, 2.05) is 0 Å². The minimum Gasteiger partial charge on any atom is -0.326 e. The summed E-state index contributed by atoms with van der Waals surface area (Å²) in [5.41, 5.74) is 1.08. The molecule has 4 rings (SSSR count). The Kier molecular flexibility index (Phi) is 6.78. The number of carbonyl (C=O) groups is 1. The molecule has 36 heavy (non-hydrogen) atoms. The summed E-state index contributed by atoms with van der Waals surface area (Å²) in [5.74, 6) is -1.13. The first kappa shape index (κ1) is 25.6. The molecule has 1 aliphatic carbocycles. The third-order valence-corrected chi connectivity index (χ3v) is 6.98. The van der Waals surface area contributed by atoms with Crippen LogP contribution in [0.2, 0.25) is 0 Å². The lowest BCUT2D eigenvalue weighted by Gasteiger charge is -2.15. The lowest BCUT2D eigenvalue weighted by atomic mass is 10.1. The zero-order chi connectivity index (χ0) is 26.3. The van der Waals surface area contributed by atoms with Crippen molar-refractivity contribution in [1.29, 1.82) is 0 Å². The van der Waals surface area contributed by atoms with Gasteiger partial charge in [0.25, 0.3) is 10.0 Å². The maximum atomic E-state index is 13.1. The third-order valence-electron chi connectivity index (χ3n) is 5.63. The summed E-state index contributed by atoms with van der Waals surface area (Å²) in [6, 6.07) is 8.25. The number of hydrogen-bond acceptors (Lipinski definition) is 6. The molecule has 3 aromatic rings. The van der Waals surface area contributed by atoms with Crippen molar-refractivity contribution in [3.63, 3.8) is 0 Å². The summed E-state index contributed by atoms with van der Waals surface area (Å²) in [4.78, 5) is 20.8. The summed E-state index contributed by atoms with van der Waals surface area (Å²) in [6.07, 6.45) is -2.96. The van der Waals surface area contributed by atoms with Crippen LogP contribution in [0, 0.1) is 19.8 Å². The van der Waals surface area contributed by atoms with Crippen molar-refractivity contribution in [2.24, 2.45) is 5.92 Å². The maximum Gasteiger partial charge on any atom is 0.435 e. The Bertz CT molecular complexity index is 1360. The highest BCUT2D eigenvalue weighted by molar-refractivity contribution is 7.92. The van der Waals surface area contributed by atoms with Crippen LogP contribution in [-0.4, -0.2) is 34.1 Å². The normalized spacial score (nSPS) is 14.9. The quantitative estimate of drug-likeness (QED) is 0.456. The van der Waals surface area contributed by atoms with Gasteiger partial charge in [-0.05, 0) is 63.1 Å². The molecule has 2 heterocycles. The predicted molar refractivity (Wildman–Crippen MR) is 126 cm³/mol. The monoisotopic (exact) mass is 522 g/mol. The summed E-state index contributed by atoms with van der Waals surface area (Å²) in [7, 11) is -3.96. The number of benzene rings is 1. The first-order chi connectivity index (χ1) is 16.8. The van der Waals surface area contributed by atoms with Crippen LogP contribution < -0.4 is 10.0 Å². The number of aromatic nitrogens is 4. The number of amides is 1. The summed E-state index contributed by atoms with van der Waals surface area (Å²) in [5, 5.41) is 6.35. The second kappa shape index (κ2) is 9.52. The van der Waals surface area contributed by atoms with Crippen LogP contribution in [0.25, 0.3) is 0 Å². The maximum absolute atomic E-state index is 13.1. The second-order valence-corrected chi connectivity index (χ2v) is 10.6. The van der Waals surface area contributed by atoms with E-state index >= 15 is 0 Å². The molecule has 2 N–H and O–H groups in total. The molecule has 0 saturated heterocycles. The minimum atomic E-state index is -4.55. The van der Waals surface area contributed by atoms with Gasteiger partial charge in [-0.2, -0.15) is 18.3 Å². The van der Waals surface area contributed by atoms with Crippen LogP contribution in [0.15, 0.2) is 41.3 Å². The van der Waals surface area contributed by atoms with Crippen LogP contribution in [0.1, 0.15) is 48.5 Å². The van der Waals surface area contributed by atoms with Gasteiger partial charge in [-0.25, -0.2) is 23.1 Å². The summed E-state index contributed by atoms with van der Waals surface area (Å²) in [6.45, 7) is 5.02. The van der Waals surface area contributed by atoms with Gasteiger partial charge < -0.3 is 5.32 Å². The Hall–Kier alpha value is -3.48. The van der Waals surface area contributed by atoms with E-state index in [0.29, 0.717) is 22.8 Å². The average molecular weight is 523 g/mol. The fraction of sp³-hybridized carbons (Fsp3) is 0.391. The van der Waals surface area contributed by atoms with Crippen LogP contribution in [-0.2, 0) is 27.5 Å². The van der Waals surface area contributed by atoms with Crippen molar-refractivity contribution in [3.05, 3.63) is 59.2 Å². The largest absolute Gasteiger partial charge is 0.435 e. The number of halogens is 3. The number of anilines is 2. The van der Waals surface area contributed by atoms with E-state index in [4.69, 9.17) is 0 Å². The molecule has 1 saturated carbocycles. The van der Waals surface area contributed by atoms with Gasteiger partial charge in [0.05, 0.1) is 17.4 Å². The summed E-state index contributed by atoms with van der Waals surface area (Å²) >= 11 is 0. The molecule has 1 aliphatic rings. The van der Waals surface area contributed by atoms with E-state index in [1.54, 1.807) is 26.8 Å². The Balaban J connectivity index is 1.41. The molecular weight excluding hydrogens is 497 g/mol. The van der Waals surface area contributed by atoms with Crippen LogP contribution in [0.5, 0.6) is 0 Å². The number of sulfonamides is 1. The molecule has 0 spiro atoms. The van der Waals surface area contributed by atoms with Gasteiger partial charge >= 0.3 is 6.18 Å². The third kappa shape index (κ3) is 6.01. The highest BCUT2D eigenvalue weighted by atomic mass is 32.2. The van der Waals surface area contributed by atoms with E-state index in [2.05, 4.69) is 25.1 Å². The average Bonchev–Trinajstić information content (AvgIpc) is 3.51. The molecule has 13 heteroatoms. The van der Waals surface area contributed by atoms with E-state index in [9.17, 15) is 26.4 Å². The molecule has 9 nitrogen and oxygen atoms in total. The lowest BCUT2D eigenvalue weighted by Crippen LogP contribution is -2.25. The van der Waals surface area contributed by atoms with Crippen molar-refractivity contribution in [2.75, 3.05) is 10.0 Å². The number of carbonyl (C=O) groups excluding carboxylic acids is 1. The number of rotatable bonds is 8. The number of nitrogens with zero attached hydrogens (tertiary/aromatic N) is 4. The van der Waals surface area contributed by atoms with E-state index in [1.165, 1.54) is 28.9 Å². The molecule has 1 aromatic carbocycles. The van der Waals surface area contributed by atoms with Crippen molar-refractivity contribution in [3.8, 4) is 0 Å². The van der Waals surface area contributed by atoms with Crippen molar-refractivity contribution >= 4 is 27.6 Å². The number of aryl methyl sites for hydroxylation is 2. The second-order valence-electron chi connectivity index (χ2n) is 8.90. The molecule has 192 valence electrons. The van der Waals surface area contributed by atoms with Gasteiger partial charge in [0, 0.05) is 28.7 Å². The number of nitrogens with one attached hydrogen (secondary N) is 2. The fourth-order valence-corrected chi connectivity index (χ4v) is 4.64. The molecule has 2 aromatic heterocycles. The molecule has 0 aliphatic heterocycles. The number of hydrogen-bond donors (Lipinski definition) is 2. The minimum absolute atomic E-state index is 0.0139. The van der Waals surface area contributed by atoms with Crippen molar-refractivity contribution in [2.45, 2.75) is 57.1 Å². The first-order valence-corrected chi connectivity index (χ1v) is 12.7.